The maximum atomic E-state index is 13.0. The first-order valence-corrected chi connectivity index (χ1v) is 7.77. The number of alkyl halides is 3. The van der Waals surface area contributed by atoms with Gasteiger partial charge in [-0.3, -0.25) is 4.79 Å². The van der Waals surface area contributed by atoms with Crippen LogP contribution in [0.2, 0.25) is 0 Å². The van der Waals surface area contributed by atoms with Gasteiger partial charge < -0.3 is 4.74 Å². The highest BCUT2D eigenvalue weighted by Crippen LogP contribution is 2.33. The summed E-state index contributed by atoms with van der Waals surface area (Å²) in [7, 11) is 0. The van der Waals surface area contributed by atoms with Crippen molar-refractivity contribution in [3.8, 4) is 0 Å². The van der Waals surface area contributed by atoms with E-state index < -0.39 is 29.8 Å². The Balaban J connectivity index is 1.85. The third kappa shape index (κ3) is 3.61. The van der Waals surface area contributed by atoms with E-state index in [9.17, 15) is 22.8 Å². The fraction of sp³-hybridized carbons (Fsp3) is 0.158. The second kappa shape index (κ2) is 7.03. The topological polar surface area (TPSA) is 46.6 Å². The predicted octanol–water partition coefficient (Wildman–Crippen LogP) is 4.44. The Hall–Kier alpha value is -3.09. The van der Waals surface area contributed by atoms with Crippen LogP contribution in [0.3, 0.4) is 0 Å². The van der Waals surface area contributed by atoms with Crippen molar-refractivity contribution in [1.82, 2.24) is 4.90 Å². The van der Waals surface area contributed by atoms with E-state index in [1.807, 2.05) is 0 Å². The normalized spacial score (nSPS) is 17.6. The fourth-order valence-corrected chi connectivity index (χ4v) is 2.73. The van der Waals surface area contributed by atoms with Crippen LogP contribution in [-0.2, 0) is 15.7 Å². The number of hydrogen-bond acceptors (Lipinski definition) is 3. The molecule has 0 bridgehead atoms. The number of ether oxygens (including phenoxy) is 1. The number of cyclic esters (lactones) is 1. The van der Waals surface area contributed by atoms with Crippen molar-refractivity contribution < 1.29 is 27.5 Å². The van der Waals surface area contributed by atoms with Crippen molar-refractivity contribution in [1.29, 1.82) is 0 Å². The van der Waals surface area contributed by atoms with Crippen LogP contribution in [0.15, 0.2) is 60.7 Å². The third-order valence-electron chi connectivity index (χ3n) is 3.97. The lowest BCUT2D eigenvalue weighted by atomic mass is 10.1. The van der Waals surface area contributed by atoms with Crippen molar-refractivity contribution >= 4 is 18.1 Å². The molecule has 2 aromatic rings. The van der Waals surface area contributed by atoms with E-state index in [0.717, 1.165) is 23.1 Å². The SMILES string of the molecule is O=C(/C=C/c1ccccc1C(F)(F)F)N1C(=O)OC[C@@H]1c1ccccc1. The minimum Gasteiger partial charge on any atom is -0.446 e. The summed E-state index contributed by atoms with van der Waals surface area (Å²) in [5, 5.41) is 0. The monoisotopic (exact) mass is 361 g/mol. The van der Waals surface area contributed by atoms with Gasteiger partial charge in [0.25, 0.3) is 5.91 Å². The smallest absolute Gasteiger partial charge is 0.417 e. The molecule has 0 spiro atoms. The number of amides is 2. The van der Waals surface area contributed by atoms with Crippen LogP contribution < -0.4 is 0 Å². The molecule has 0 saturated carbocycles. The summed E-state index contributed by atoms with van der Waals surface area (Å²) in [6.07, 6.45) is -3.35. The van der Waals surface area contributed by atoms with Crippen molar-refractivity contribution in [3.05, 3.63) is 77.4 Å². The molecule has 2 amide bonds. The largest absolute Gasteiger partial charge is 0.446 e. The standard InChI is InChI=1S/C19H14F3NO3/c20-19(21,22)15-9-5-4-6-13(15)10-11-17(24)23-16(12-26-18(23)25)14-7-2-1-3-8-14/h1-11,16H,12H2/b11-10+/t16-/m1/s1. The van der Waals surface area contributed by atoms with Gasteiger partial charge in [-0.1, -0.05) is 48.5 Å². The zero-order chi connectivity index (χ0) is 18.7. The molecule has 134 valence electrons. The summed E-state index contributed by atoms with van der Waals surface area (Å²) in [5.41, 5.74) is -0.305. The van der Waals surface area contributed by atoms with E-state index in [1.165, 1.54) is 18.2 Å². The molecule has 2 aromatic carbocycles. The number of benzene rings is 2. The molecule has 0 radical (unpaired) electrons. The Kier molecular flexibility index (Phi) is 4.79. The Morgan fingerprint density at radius 3 is 2.42 bits per heavy atom. The van der Waals surface area contributed by atoms with E-state index in [4.69, 9.17) is 4.74 Å². The Morgan fingerprint density at radius 1 is 1.08 bits per heavy atom. The van der Waals surface area contributed by atoms with E-state index in [1.54, 1.807) is 30.3 Å². The number of carbonyl (C=O) groups excluding carboxylic acids is 2. The summed E-state index contributed by atoms with van der Waals surface area (Å²) in [6, 6.07) is 13.1. The zero-order valence-electron chi connectivity index (χ0n) is 13.4. The summed E-state index contributed by atoms with van der Waals surface area (Å²) < 4.78 is 44.0. The summed E-state index contributed by atoms with van der Waals surface area (Å²) in [5.74, 6) is -0.738. The molecule has 0 aliphatic carbocycles. The van der Waals surface area contributed by atoms with Crippen molar-refractivity contribution in [2.24, 2.45) is 0 Å². The van der Waals surface area contributed by atoms with Crippen LogP contribution in [0.4, 0.5) is 18.0 Å². The number of nitrogens with zero attached hydrogens (tertiary/aromatic N) is 1. The quantitative estimate of drug-likeness (QED) is 0.760. The van der Waals surface area contributed by atoms with Gasteiger partial charge in [0.2, 0.25) is 0 Å². The molecule has 1 aliphatic rings. The summed E-state index contributed by atoms with van der Waals surface area (Å²) in [4.78, 5) is 25.2. The van der Waals surface area contributed by atoms with Crippen LogP contribution in [0.25, 0.3) is 6.08 Å². The fourth-order valence-electron chi connectivity index (χ4n) is 2.73. The van der Waals surface area contributed by atoms with Gasteiger partial charge in [0.15, 0.2) is 0 Å². The Bertz CT molecular complexity index is 847. The van der Waals surface area contributed by atoms with Gasteiger partial charge in [0.1, 0.15) is 12.6 Å². The van der Waals surface area contributed by atoms with Gasteiger partial charge in [-0.2, -0.15) is 13.2 Å². The maximum Gasteiger partial charge on any atom is 0.417 e. The minimum atomic E-state index is -4.54. The predicted molar refractivity (Wildman–Crippen MR) is 87.9 cm³/mol. The third-order valence-corrected chi connectivity index (χ3v) is 3.97. The molecule has 1 aliphatic heterocycles. The van der Waals surface area contributed by atoms with Gasteiger partial charge >= 0.3 is 12.3 Å². The molecule has 26 heavy (non-hydrogen) atoms. The van der Waals surface area contributed by atoms with E-state index in [-0.39, 0.29) is 12.2 Å². The molecule has 4 nitrogen and oxygen atoms in total. The highest BCUT2D eigenvalue weighted by molar-refractivity contribution is 6.02. The first-order chi connectivity index (χ1) is 12.4. The first-order valence-electron chi connectivity index (χ1n) is 7.77. The molecule has 1 heterocycles. The molecule has 1 fully saturated rings. The van der Waals surface area contributed by atoms with Crippen LogP contribution in [-0.4, -0.2) is 23.5 Å². The van der Waals surface area contributed by atoms with E-state index in [0.29, 0.717) is 5.56 Å². The lowest BCUT2D eigenvalue weighted by Gasteiger charge is -2.18. The van der Waals surface area contributed by atoms with Crippen LogP contribution in [0.5, 0.6) is 0 Å². The van der Waals surface area contributed by atoms with Gasteiger partial charge in [0, 0.05) is 6.08 Å². The van der Waals surface area contributed by atoms with Crippen molar-refractivity contribution in [3.63, 3.8) is 0 Å². The lowest BCUT2D eigenvalue weighted by Crippen LogP contribution is -2.32. The van der Waals surface area contributed by atoms with Gasteiger partial charge in [-0.25, -0.2) is 9.69 Å². The van der Waals surface area contributed by atoms with Crippen molar-refractivity contribution in [2.75, 3.05) is 6.61 Å². The van der Waals surface area contributed by atoms with Crippen LogP contribution >= 0.6 is 0 Å². The summed E-state index contributed by atoms with van der Waals surface area (Å²) >= 11 is 0. The summed E-state index contributed by atoms with van der Waals surface area (Å²) in [6.45, 7) is 0.00155. The van der Waals surface area contributed by atoms with Crippen LogP contribution in [0, 0.1) is 0 Å². The number of hydrogen-bond donors (Lipinski definition) is 0. The molecular formula is C19H14F3NO3. The van der Waals surface area contributed by atoms with E-state index >= 15 is 0 Å². The minimum absolute atomic E-state index is 0.00155. The molecule has 0 unspecified atom stereocenters. The highest BCUT2D eigenvalue weighted by atomic mass is 19.4. The van der Waals surface area contributed by atoms with Gasteiger partial charge in [-0.15, -0.1) is 0 Å². The maximum absolute atomic E-state index is 13.0. The molecular weight excluding hydrogens is 347 g/mol. The second-order valence-electron chi connectivity index (χ2n) is 5.63. The van der Waals surface area contributed by atoms with Gasteiger partial charge in [-0.05, 0) is 23.3 Å². The second-order valence-corrected chi connectivity index (χ2v) is 5.63. The molecule has 3 rings (SSSR count). The number of rotatable bonds is 3. The molecule has 1 saturated heterocycles. The molecule has 0 aromatic heterocycles. The number of halogens is 3. The van der Waals surface area contributed by atoms with E-state index in [2.05, 4.69) is 0 Å². The average molecular weight is 361 g/mol. The van der Waals surface area contributed by atoms with Crippen molar-refractivity contribution in [2.45, 2.75) is 12.2 Å². The lowest BCUT2D eigenvalue weighted by molar-refractivity contribution is -0.137. The molecule has 1 atom stereocenters. The Labute approximate surface area is 147 Å². The number of imide groups is 1. The number of carbonyl (C=O) groups is 2. The average Bonchev–Trinajstić information content (AvgIpc) is 3.01. The zero-order valence-corrected chi connectivity index (χ0v) is 13.4. The highest BCUT2D eigenvalue weighted by Gasteiger charge is 2.38. The first kappa shape index (κ1) is 17.7. The van der Waals surface area contributed by atoms with Crippen LogP contribution in [0.1, 0.15) is 22.7 Å². The molecule has 7 heteroatoms. The molecule has 0 N–H and O–H groups in total. The van der Waals surface area contributed by atoms with Gasteiger partial charge in [0.05, 0.1) is 5.56 Å². The Morgan fingerprint density at radius 2 is 1.73 bits per heavy atom.